The van der Waals surface area contributed by atoms with E-state index in [1.165, 1.54) is 49.4 Å². The van der Waals surface area contributed by atoms with Crippen molar-refractivity contribution in [3.63, 3.8) is 0 Å². The molecule has 0 fully saturated rings. The highest BCUT2D eigenvalue weighted by molar-refractivity contribution is 6.39. The molecule has 15 nitrogen and oxygen atoms in total. The molecule has 0 aliphatic carbocycles. The molecule has 0 heterocycles. The predicted molar refractivity (Wildman–Crippen MR) is 184 cm³/mol. The number of unbranched alkanes of at least 4 members (excludes halogenated alkanes) is 1. The Morgan fingerprint density at radius 1 is 0.765 bits per heavy atom. The maximum Gasteiger partial charge on any atom is 0.395 e. The van der Waals surface area contributed by atoms with E-state index in [4.69, 9.17) is 0 Å². The quantitative estimate of drug-likeness (QED) is 0.0796. The number of benzene rings is 3. The van der Waals surface area contributed by atoms with Gasteiger partial charge in [0, 0.05) is 32.7 Å². The van der Waals surface area contributed by atoms with Gasteiger partial charge in [0.25, 0.3) is 0 Å². The van der Waals surface area contributed by atoms with Crippen molar-refractivity contribution in [3.05, 3.63) is 89.0 Å². The van der Waals surface area contributed by atoms with Gasteiger partial charge in [-0.05, 0) is 66.3 Å². The van der Waals surface area contributed by atoms with E-state index in [2.05, 4.69) is 16.0 Å². The number of aryl methyl sites for hydroxylation is 1. The largest absolute Gasteiger partial charge is 0.508 e. The molecule has 270 valence electrons. The van der Waals surface area contributed by atoms with Crippen LogP contribution in [0.5, 0.6) is 5.75 Å². The van der Waals surface area contributed by atoms with Gasteiger partial charge in [0.2, 0.25) is 17.7 Å². The lowest BCUT2D eigenvalue weighted by Crippen LogP contribution is -2.47. The fourth-order valence-electron chi connectivity index (χ4n) is 5.33. The molecule has 0 radical (unpaired) electrons. The van der Waals surface area contributed by atoms with E-state index in [1.807, 2.05) is 0 Å². The molecule has 0 aliphatic rings. The summed E-state index contributed by atoms with van der Waals surface area (Å²) in [5, 5.41) is 46.0. The Hall–Kier alpha value is -6.25. The summed E-state index contributed by atoms with van der Waals surface area (Å²) >= 11 is 0. The van der Waals surface area contributed by atoms with Crippen LogP contribution in [-0.4, -0.2) is 80.6 Å². The second-order valence-electron chi connectivity index (χ2n) is 11.6. The maximum absolute atomic E-state index is 13.1. The first-order valence-electron chi connectivity index (χ1n) is 16.1. The maximum atomic E-state index is 13.1. The number of anilines is 2. The Morgan fingerprint density at radius 2 is 1.41 bits per heavy atom. The molecule has 0 saturated heterocycles. The summed E-state index contributed by atoms with van der Waals surface area (Å²) in [7, 11) is 0. The summed E-state index contributed by atoms with van der Waals surface area (Å²) in [5.41, 5.74) is 1.39. The van der Waals surface area contributed by atoms with Crippen molar-refractivity contribution in [2.75, 3.05) is 11.4 Å². The summed E-state index contributed by atoms with van der Waals surface area (Å²) in [6.45, 7) is 3.16. The molecule has 0 aliphatic heterocycles. The molecule has 3 aromatic rings. The third-order valence-corrected chi connectivity index (χ3v) is 7.80. The Kier molecular flexibility index (Phi) is 14.2. The standard InChI is InChI=1S/C36H40N4O11/c1-3-24-18-23(13-16-29(24)40(33(45)36(50)51)30-9-5-4-8-26(30)34(46)47)20-27(38-21(2)41)32(44)37-17-7-6-10-31(43)39-28(35(48)49)19-22-11-14-25(42)15-12-22/h4-5,8-9,11-16,18,27-28,42H,3,6-7,10,17,19-20H2,1-2H3,(H,37,44)(H,38,41)(H,39,43)(H,46,47)(H,48,49)(H,50,51)/t27-,28-/m0/s1. The van der Waals surface area contributed by atoms with Crippen LogP contribution in [0.2, 0.25) is 0 Å². The van der Waals surface area contributed by atoms with Gasteiger partial charge in [0.15, 0.2) is 0 Å². The first kappa shape index (κ1) is 39.2. The van der Waals surface area contributed by atoms with E-state index in [0.29, 0.717) is 36.0 Å². The van der Waals surface area contributed by atoms with Crippen LogP contribution in [-0.2, 0) is 48.0 Å². The van der Waals surface area contributed by atoms with E-state index in [-0.39, 0.29) is 48.5 Å². The molecular formula is C36H40N4O11. The Labute approximate surface area is 293 Å². The summed E-state index contributed by atoms with van der Waals surface area (Å²) in [4.78, 5) is 86.6. The van der Waals surface area contributed by atoms with Crippen LogP contribution in [0, 0.1) is 0 Å². The molecule has 2 atom stereocenters. The Balaban J connectivity index is 1.65. The molecule has 0 bridgehead atoms. The minimum atomic E-state index is -1.79. The van der Waals surface area contributed by atoms with Crippen LogP contribution in [0.4, 0.5) is 11.4 Å². The first-order chi connectivity index (χ1) is 24.2. The number of hydrogen-bond donors (Lipinski definition) is 7. The number of phenolic OH excluding ortho intramolecular Hbond substituents is 1. The number of amides is 4. The molecule has 3 rings (SSSR count). The zero-order chi connectivity index (χ0) is 37.7. The number of rotatable bonds is 17. The van der Waals surface area contributed by atoms with Crippen molar-refractivity contribution in [1.29, 1.82) is 0 Å². The second-order valence-corrected chi connectivity index (χ2v) is 11.6. The van der Waals surface area contributed by atoms with Crippen molar-refractivity contribution in [1.82, 2.24) is 16.0 Å². The molecule has 7 N–H and O–H groups in total. The van der Waals surface area contributed by atoms with Crippen LogP contribution < -0.4 is 20.9 Å². The SMILES string of the molecule is CCc1cc(C[C@H](NC(C)=O)C(=O)NCCCCC(=O)N[C@@H](Cc2ccc(O)cc2)C(=O)O)ccc1N(C(=O)C(=O)O)c1ccccc1C(=O)O. The fraction of sp³-hybridized carbons (Fsp3) is 0.306. The van der Waals surface area contributed by atoms with Crippen molar-refractivity contribution >= 4 is 52.9 Å². The van der Waals surface area contributed by atoms with Gasteiger partial charge in [0.05, 0.1) is 16.9 Å². The molecule has 4 amide bonds. The lowest BCUT2D eigenvalue weighted by atomic mass is 9.99. The smallest absolute Gasteiger partial charge is 0.395 e. The number of aromatic carboxylic acids is 1. The van der Waals surface area contributed by atoms with E-state index in [0.717, 1.165) is 4.90 Å². The first-order valence-corrected chi connectivity index (χ1v) is 16.1. The minimum Gasteiger partial charge on any atom is -0.508 e. The van der Waals surface area contributed by atoms with E-state index >= 15 is 0 Å². The normalized spacial score (nSPS) is 11.8. The fourth-order valence-corrected chi connectivity index (χ4v) is 5.33. The average molecular weight is 705 g/mol. The highest BCUT2D eigenvalue weighted by atomic mass is 16.4. The van der Waals surface area contributed by atoms with Crippen molar-refractivity contribution in [2.45, 2.75) is 64.5 Å². The van der Waals surface area contributed by atoms with Crippen LogP contribution in [0.15, 0.2) is 66.7 Å². The number of phenols is 1. The van der Waals surface area contributed by atoms with Crippen molar-refractivity contribution in [3.8, 4) is 5.75 Å². The number of carbonyl (C=O) groups excluding carboxylic acids is 4. The van der Waals surface area contributed by atoms with Gasteiger partial charge in [-0.2, -0.15) is 0 Å². The summed E-state index contributed by atoms with van der Waals surface area (Å²) < 4.78 is 0. The van der Waals surface area contributed by atoms with Gasteiger partial charge in [-0.25, -0.2) is 14.4 Å². The van der Waals surface area contributed by atoms with Crippen LogP contribution in [0.25, 0.3) is 0 Å². The predicted octanol–water partition coefficient (Wildman–Crippen LogP) is 2.55. The van der Waals surface area contributed by atoms with Crippen LogP contribution in [0.1, 0.15) is 60.2 Å². The van der Waals surface area contributed by atoms with Gasteiger partial charge >= 0.3 is 23.8 Å². The third kappa shape index (κ3) is 11.4. The highest BCUT2D eigenvalue weighted by Gasteiger charge is 2.30. The molecule has 0 aromatic heterocycles. The zero-order valence-electron chi connectivity index (χ0n) is 28.0. The van der Waals surface area contributed by atoms with Gasteiger partial charge in [-0.3, -0.25) is 24.1 Å². The number of aliphatic carboxylic acids is 2. The Morgan fingerprint density at radius 3 is 2.02 bits per heavy atom. The third-order valence-electron chi connectivity index (χ3n) is 7.80. The number of aromatic hydroxyl groups is 1. The highest BCUT2D eigenvalue weighted by Crippen LogP contribution is 2.33. The summed E-state index contributed by atoms with van der Waals surface area (Å²) in [5.74, 6) is -7.14. The van der Waals surface area contributed by atoms with Gasteiger partial charge < -0.3 is 36.4 Å². The molecule has 3 aromatic carbocycles. The van der Waals surface area contributed by atoms with Crippen molar-refractivity contribution in [2.24, 2.45) is 0 Å². The van der Waals surface area contributed by atoms with E-state index in [9.17, 15) is 54.0 Å². The number of carbonyl (C=O) groups is 7. The number of hydrogen-bond acceptors (Lipinski definition) is 8. The zero-order valence-corrected chi connectivity index (χ0v) is 28.0. The lowest BCUT2D eigenvalue weighted by Gasteiger charge is -2.26. The lowest BCUT2D eigenvalue weighted by molar-refractivity contribution is -0.148. The second kappa shape index (κ2) is 18.5. The van der Waals surface area contributed by atoms with Gasteiger partial charge in [0.1, 0.15) is 17.8 Å². The van der Waals surface area contributed by atoms with E-state index in [1.54, 1.807) is 31.2 Å². The van der Waals surface area contributed by atoms with Crippen LogP contribution >= 0.6 is 0 Å². The number of para-hydroxylation sites is 1. The number of nitrogens with one attached hydrogen (secondary N) is 3. The minimum absolute atomic E-state index is 0.00876. The number of nitrogens with zero attached hydrogens (tertiary/aromatic N) is 1. The molecule has 51 heavy (non-hydrogen) atoms. The molecule has 15 heteroatoms. The molecular weight excluding hydrogens is 664 g/mol. The summed E-state index contributed by atoms with van der Waals surface area (Å²) in [6.07, 6.45) is 1.08. The monoisotopic (exact) mass is 704 g/mol. The molecule has 0 unspecified atom stereocenters. The van der Waals surface area contributed by atoms with E-state index < -0.39 is 53.6 Å². The molecule has 0 spiro atoms. The number of carboxylic acid groups (broad SMARTS) is 3. The summed E-state index contributed by atoms with van der Waals surface area (Å²) in [6, 6.07) is 14.0. The average Bonchev–Trinajstić information content (AvgIpc) is 3.08. The van der Waals surface area contributed by atoms with Crippen LogP contribution in [0.3, 0.4) is 0 Å². The van der Waals surface area contributed by atoms with Gasteiger partial charge in [-0.15, -0.1) is 0 Å². The van der Waals surface area contributed by atoms with Crippen molar-refractivity contribution < 1.29 is 54.0 Å². The topological polar surface area (TPSA) is 240 Å². The molecule has 0 saturated carbocycles. The number of carboxylic acids is 3. The Bertz CT molecular complexity index is 1770. The van der Waals surface area contributed by atoms with Gasteiger partial charge in [-0.1, -0.05) is 43.3 Å².